The van der Waals surface area contributed by atoms with Crippen molar-refractivity contribution < 1.29 is 5.11 Å². The van der Waals surface area contributed by atoms with E-state index in [2.05, 4.69) is 21.4 Å². The molecule has 0 spiro atoms. The first-order chi connectivity index (χ1) is 9.22. The molecule has 0 fully saturated rings. The molecule has 4 nitrogen and oxygen atoms in total. The van der Waals surface area contributed by atoms with Gasteiger partial charge < -0.3 is 10.4 Å². The van der Waals surface area contributed by atoms with Crippen molar-refractivity contribution in [1.82, 2.24) is 9.97 Å². The molecule has 5 heteroatoms. The summed E-state index contributed by atoms with van der Waals surface area (Å²) in [6.45, 7) is 2.41. The van der Waals surface area contributed by atoms with Crippen molar-refractivity contribution in [3.8, 4) is 5.75 Å². The number of hydrogen-bond donors (Lipinski definition) is 2. The van der Waals surface area contributed by atoms with Gasteiger partial charge >= 0.3 is 0 Å². The third-order valence-corrected chi connectivity index (χ3v) is 3.67. The smallest absolute Gasteiger partial charge is 0.138 e. The number of fused-ring (bicyclic) bond motifs is 1. The van der Waals surface area contributed by atoms with E-state index in [1.54, 1.807) is 23.5 Å². The van der Waals surface area contributed by atoms with Gasteiger partial charge in [-0.1, -0.05) is 0 Å². The maximum atomic E-state index is 9.74. The normalized spacial score (nSPS) is 10.8. The van der Waals surface area contributed by atoms with Crippen LogP contribution in [-0.2, 0) is 6.54 Å². The Hall–Kier alpha value is -2.14. The van der Waals surface area contributed by atoms with Crippen LogP contribution in [0.25, 0.3) is 10.2 Å². The highest BCUT2D eigenvalue weighted by atomic mass is 32.1. The molecule has 0 aliphatic rings. The molecule has 2 aromatic heterocycles. The summed E-state index contributed by atoms with van der Waals surface area (Å²) < 4.78 is 1.14. The van der Waals surface area contributed by atoms with Crippen LogP contribution in [0.5, 0.6) is 5.75 Å². The van der Waals surface area contributed by atoms with Crippen LogP contribution in [0.1, 0.15) is 11.4 Å². The van der Waals surface area contributed by atoms with Gasteiger partial charge in [0.25, 0.3) is 0 Å². The van der Waals surface area contributed by atoms with Gasteiger partial charge in [-0.25, -0.2) is 4.98 Å². The summed E-state index contributed by atoms with van der Waals surface area (Å²) in [5.41, 5.74) is 5.39. The van der Waals surface area contributed by atoms with Gasteiger partial charge in [-0.15, -0.1) is 11.3 Å². The molecule has 3 aromatic rings. The van der Waals surface area contributed by atoms with Gasteiger partial charge in [0, 0.05) is 11.4 Å². The summed E-state index contributed by atoms with van der Waals surface area (Å²) in [4.78, 5) is 8.56. The Bertz CT molecular complexity index is 724. The first-order valence-corrected chi connectivity index (χ1v) is 6.83. The second-order valence-corrected chi connectivity index (χ2v) is 5.19. The van der Waals surface area contributed by atoms with E-state index in [9.17, 15) is 5.11 Å². The highest BCUT2D eigenvalue weighted by Gasteiger charge is 2.04. The van der Waals surface area contributed by atoms with E-state index < -0.39 is 0 Å². The number of hydrogen-bond acceptors (Lipinski definition) is 5. The van der Waals surface area contributed by atoms with Crippen LogP contribution < -0.4 is 5.32 Å². The highest BCUT2D eigenvalue weighted by Crippen LogP contribution is 2.23. The number of anilines is 1. The molecule has 3 rings (SSSR count). The molecule has 0 amide bonds. The molecule has 0 unspecified atom stereocenters. The standard InChI is InChI=1S/C14H13N3OS/c1-9-2-5-13(18)12(17-9)7-15-10-3-4-11-14(6-10)19-8-16-11/h2-6,8,15,18H,7H2,1H3. The van der Waals surface area contributed by atoms with E-state index in [-0.39, 0.29) is 5.75 Å². The maximum absolute atomic E-state index is 9.74. The molecular formula is C14H13N3OS. The maximum Gasteiger partial charge on any atom is 0.138 e. The number of thiazole rings is 1. The van der Waals surface area contributed by atoms with Crippen LogP contribution >= 0.6 is 11.3 Å². The van der Waals surface area contributed by atoms with Crippen molar-refractivity contribution in [2.75, 3.05) is 5.32 Å². The molecule has 0 radical (unpaired) electrons. The van der Waals surface area contributed by atoms with Crippen molar-refractivity contribution in [2.45, 2.75) is 13.5 Å². The van der Waals surface area contributed by atoms with Gasteiger partial charge in [0.05, 0.1) is 22.3 Å². The Morgan fingerprint density at radius 1 is 1.26 bits per heavy atom. The lowest BCUT2D eigenvalue weighted by Crippen LogP contribution is -2.02. The van der Waals surface area contributed by atoms with E-state index in [1.165, 1.54) is 0 Å². The van der Waals surface area contributed by atoms with Crippen molar-refractivity contribution in [3.05, 3.63) is 47.2 Å². The third-order valence-electron chi connectivity index (χ3n) is 2.88. The minimum Gasteiger partial charge on any atom is -0.506 e. The molecule has 2 heterocycles. The van der Waals surface area contributed by atoms with E-state index in [0.717, 1.165) is 21.6 Å². The molecule has 0 bridgehead atoms. The SMILES string of the molecule is Cc1ccc(O)c(CNc2ccc3ncsc3c2)n1. The number of rotatable bonds is 3. The zero-order chi connectivity index (χ0) is 13.2. The summed E-state index contributed by atoms with van der Waals surface area (Å²) in [6, 6.07) is 9.49. The summed E-state index contributed by atoms with van der Waals surface area (Å²) in [6.07, 6.45) is 0. The second kappa shape index (κ2) is 4.85. The van der Waals surface area contributed by atoms with Crippen molar-refractivity contribution in [3.63, 3.8) is 0 Å². The first-order valence-electron chi connectivity index (χ1n) is 5.95. The van der Waals surface area contributed by atoms with Crippen LogP contribution in [0.4, 0.5) is 5.69 Å². The van der Waals surface area contributed by atoms with Gasteiger partial charge in [0.2, 0.25) is 0 Å². The van der Waals surface area contributed by atoms with Crippen LogP contribution in [0, 0.1) is 6.92 Å². The monoisotopic (exact) mass is 271 g/mol. The first kappa shape index (κ1) is 11.9. The van der Waals surface area contributed by atoms with Crippen molar-refractivity contribution in [2.24, 2.45) is 0 Å². The van der Waals surface area contributed by atoms with Gasteiger partial charge in [-0.05, 0) is 37.3 Å². The Labute approximate surface area is 114 Å². The Morgan fingerprint density at radius 3 is 3.05 bits per heavy atom. The Balaban J connectivity index is 1.79. The molecule has 19 heavy (non-hydrogen) atoms. The van der Waals surface area contributed by atoms with E-state index in [0.29, 0.717) is 12.2 Å². The zero-order valence-corrected chi connectivity index (χ0v) is 11.2. The molecule has 2 N–H and O–H groups in total. The molecule has 96 valence electrons. The predicted molar refractivity (Wildman–Crippen MR) is 77.6 cm³/mol. The predicted octanol–water partition coefficient (Wildman–Crippen LogP) is 3.32. The lowest BCUT2D eigenvalue weighted by atomic mass is 10.2. The molecule has 1 aromatic carbocycles. The number of aromatic nitrogens is 2. The topological polar surface area (TPSA) is 58.0 Å². The summed E-state index contributed by atoms with van der Waals surface area (Å²) in [7, 11) is 0. The van der Waals surface area contributed by atoms with Gasteiger partial charge in [-0.2, -0.15) is 0 Å². The summed E-state index contributed by atoms with van der Waals surface area (Å²) >= 11 is 1.61. The fourth-order valence-electron chi connectivity index (χ4n) is 1.88. The largest absolute Gasteiger partial charge is 0.506 e. The van der Waals surface area contributed by atoms with Crippen LogP contribution in [-0.4, -0.2) is 15.1 Å². The van der Waals surface area contributed by atoms with Crippen LogP contribution in [0.15, 0.2) is 35.8 Å². The quantitative estimate of drug-likeness (QED) is 0.767. The Kier molecular flexibility index (Phi) is 3.05. The van der Waals surface area contributed by atoms with E-state index >= 15 is 0 Å². The summed E-state index contributed by atoms with van der Waals surface area (Å²) in [5.74, 6) is 0.219. The van der Waals surface area contributed by atoms with Crippen molar-refractivity contribution >= 4 is 27.2 Å². The van der Waals surface area contributed by atoms with Crippen molar-refractivity contribution in [1.29, 1.82) is 0 Å². The highest BCUT2D eigenvalue weighted by molar-refractivity contribution is 7.16. The average molecular weight is 271 g/mol. The van der Waals surface area contributed by atoms with E-state index in [4.69, 9.17) is 0 Å². The molecule has 0 aliphatic carbocycles. The number of nitrogens with one attached hydrogen (secondary N) is 1. The lowest BCUT2D eigenvalue weighted by Gasteiger charge is -2.08. The lowest BCUT2D eigenvalue weighted by molar-refractivity contribution is 0.464. The fraction of sp³-hybridized carbons (Fsp3) is 0.143. The van der Waals surface area contributed by atoms with Crippen LogP contribution in [0.3, 0.4) is 0 Å². The molecule has 0 aliphatic heterocycles. The molecular weight excluding hydrogens is 258 g/mol. The van der Waals surface area contributed by atoms with E-state index in [1.807, 2.05) is 24.6 Å². The number of aryl methyl sites for hydroxylation is 1. The fourth-order valence-corrected chi connectivity index (χ4v) is 2.60. The number of pyridine rings is 1. The average Bonchev–Trinajstić information content (AvgIpc) is 2.87. The van der Waals surface area contributed by atoms with Gasteiger partial charge in [0.15, 0.2) is 0 Å². The number of aromatic hydroxyl groups is 1. The number of nitrogens with zero attached hydrogens (tertiary/aromatic N) is 2. The minimum absolute atomic E-state index is 0.219. The minimum atomic E-state index is 0.219. The molecule has 0 saturated heterocycles. The molecule has 0 saturated carbocycles. The summed E-state index contributed by atoms with van der Waals surface area (Å²) in [5, 5.41) is 13.0. The third kappa shape index (κ3) is 2.51. The van der Waals surface area contributed by atoms with Crippen LogP contribution in [0.2, 0.25) is 0 Å². The number of benzene rings is 1. The Morgan fingerprint density at radius 2 is 2.16 bits per heavy atom. The van der Waals surface area contributed by atoms with Gasteiger partial charge in [0.1, 0.15) is 11.4 Å². The van der Waals surface area contributed by atoms with Gasteiger partial charge in [-0.3, -0.25) is 4.98 Å². The second-order valence-electron chi connectivity index (χ2n) is 4.31. The zero-order valence-electron chi connectivity index (χ0n) is 10.4. The molecule has 0 atom stereocenters.